The summed E-state index contributed by atoms with van der Waals surface area (Å²) >= 11 is 1.61. The van der Waals surface area contributed by atoms with Gasteiger partial charge in [-0.25, -0.2) is 4.98 Å². The maximum atomic E-state index is 12.8. The van der Waals surface area contributed by atoms with Gasteiger partial charge in [0.25, 0.3) is 5.91 Å². The fourth-order valence-corrected chi connectivity index (χ4v) is 3.63. The van der Waals surface area contributed by atoms with Crippen molar-refractivity contribution in [2.45, 2.75) is 49.9 Å². The topological polar surface area (TPSA) is 46.3 Å². The van der Waals surface area contributed by atoms with Crippen molar-refractivity contribution in [1.29, 1.82) is 0 Å². The molecule has 1 saturated carbocycles. The second-order valence-electron chi connectivity index (χ2n) is 6.81. The first-order valence-corrected chi connectivity index (χ1v) is 9.29. The Balaban J connectivity index is 1.69. The third kappa shape index (κ3) is 3.83. The summed E-state index contributed by atoms with van der Waals surface area (Å²) < 4.78 is 5.91. The number of carbonyl (C=O) groups is 1. The molecule has 0 aromatic carbocycles. The zero-order valence-electron chi connectivity index (χ0n) is 14.7. The Kier molecular flexibility index (Phi) is 4.99. The number of thioether (sulfide) groups is 1. The number of nitrogens with zero attached hydrogens (tertiary/aromatic N) is 2. The lowest BCUT2D eigenvalue weighted by Crippen LogP contribution is -2.26. The van der Waals surface area contributed by atoms with Gasteiger partial charge in [0.15, 0.2) is 0 Å². The Morgan fingerprint density at radius 3 is 2.83 bits per heavy atom. The van der Waals surface area contributed by atoms with Crippen LogP contribution in [-0.2, 0) is 6.54 Å². The molecule has 1 aliphatic rings. The number of carbonyl (C=O) groups excluding carboxylic acids is 1. The Bertz CT molecular complexity index is 726. The van der Waals surface area contributed by atoms with Crippen LogP contribution in [0.3, 0.4) is 0 Å². The molecule has 5 heteroatoms. The lowest BCUT2D eigenvalue weighted by atomic mass is 10.2. The molecule has 0 N–H and O–H groups in total. The number of furan rings is 1. The Morgan fingerprint density at radius 1 is 1.42 bits per heavy atom. The van der Waals surface area contributed by atoms with E-state index in [1.54, 1.807) is 29.9 Å². The van der Waals surface area contributed by atoms with Crippen LogP contribution < -0.4 is 0 Å². The molecule has 0 saturated heterocycles. The molecule has 0 aliphatic heterocycles. The number of hydrogen-bond acceptors (Lipinski definition) is 4. The van der Waals surface area contributed by atoms with E-state index in [2.05, 4.69) is 25.8 Å². The highest BCUT2D eigenvalue weighted by Gasteiger charge is 2.36. The summed E-state index contributed by atoms with van der Waals surface area (Å²) in [5.74, 6) is 3.14. The average Bonchev–Trinajstić information content (AvgIpc) is 3.08. The van der Waals surface area contributed by atoms with Gasteiger partial charge in [-0.15, -0.1) is 11.8 Å². The summed E-state index contributed by atoms with van der Waals surface area (Å²) in [6, 6.07) is 7.68. The van der Waals surface area contributed by atoms with Crippen LogP contribution in [0.25, 0.3) is 0 Å². The van der Waals surface area contributed by atoms with Crippen molar-refractivity contribution in [3.63, 3.8) is 0 Å². The largest absolute Gasteiger partial charge is 0.464 e. The molecule has 3 rings (SSSR count). The number of amides is 1. The van der Waals surface area contributed by atoms with Gasteiger partial charge in [0, 0.05) is 24.4 Å². The molecule has 24 heavy (non-hydrogen) atoms. The second-order valence-corrected chi connectivity index (χ2v) is 8.37. The maximum Gasteiger partial charge on any atom is 0.256 e. The summed E-state index contributed by atoms with van der Waals surface area (Å²) in [6.07, 6.45) is 2.93. The Labute approximate surface area is 147 Å². The third-order valence-electron chi connectivity index (χ3n) is 4.25. The van der Waals surface area contributed by atoms with Gasteiger partial charge in [0.1, 0.15) is 16.5 Å². The first-order valence-electron chi connectivity index (χ1n) is 8.41. The van der Waals surface area contributed by atoms with E-state index in [0.717, 1.165) is 22.5 Å². The van der Waals surface area contributed by atoms with Crippen molar-refractivity contribution in [3.05, 3.63) is 47.5 Å². The predicted molar refractivity (Wildman–Crippen MR) is 96.3 cm³/mol. The van der Waals surface area contributed by atoms with Gasteiger partial charge < -0.3 is 9.32 Å². The van der Waals surface area contributed by atoms with E-state index in [1.807, 2.05) is 24.3 Å². The minimum Gasteiger partial charge on any atom is -0.464 e. The van der Waals surface area contributed by atoms with Crippen molar-refractivity contribution in [2.75, 3.05) is 7.05 Å². The summed E-state index contributed by atoms with van der Waals surface area (Å²) in [5, 5.41) is 1.17. The zero-order chi connectivity index (χ0) is 17.3. The number of hydrogen-bond donors (Lipinski definition) is 0. The van der Waals surface area contributed by atoms with Crippen LogP contribution in [0.2, 0.25) is 0 Å². The first kappa shape index (κ1) is 17.1. The van der Waals surface area contributed by atoms with E-state index in [1.165, 1.54) is 6.42 Å². The van der Waals surface area contributed by atoms with E-state index in [-0.39, 0.29) is 5.91 Å². The molecule has 0 bridgehead atoms. The summed E-state index contributed by atoms with van der Waals surface area (Å²) in [7, 11) is 1.81. The number of rotatable bonds is 6. The van der Waals surface area contributed by atoms with Gasteiger partial charge in [-0.1, -0.05) is 20.8 Å². The first-order chi connectivity index (χ1) is 11.5. The molecule has 1 fully saturated rings. The zero-order valence-corrected chi connectivity index (χ0v) is 15.5. The highest BCUT2D eigenvalue weighted by Crippen LogP contribution is 2.47. The highest BCUT2D eigenvalue weighted by atomic mass is 32.2. The molecule has 4 nitrogen and oxygen atoms in total. The molecule has 128 valence electrons. The van der Waals surface area contributed by atoms with Crippen molar-refractivity contribution in [3.8, 4) is 0 Å². The molecule has 1 amide bonds. The molecule has 0 radical (unpaired) electrons. The minimum atomic E-state index is -0.0241. The van der Waals surface area contributed by atoms with Gasteiger partial charge in [0.05, 0.1) is 12.1 Å². The third-order valence-corrected chi connectivity index (χ3v) is 5.27. The summed E-state index contributed by atoms with van der Waals surface area (Å²) in [6.45, 7) is 6.90. The SMILES string of the molecule is CC(C)Sc1ncccc1C(=O)N(C)Cc1ccc([C@H]2C[C@@H]2C)o1. The van der Waals surface area contributed by atoms with E-state index in [9.17, 15) is 4.79 Å². The Morgan fingerprint density at radius 2 is 2.17 bits per heavy atom. The fourth-order valence-electron chi connectivity index (χ4n) is 2.78. The molecule has 1 aliphatic carbocycles. The fraction of sp³-hybridized carbons (Fsp3) is 0.474. The smallest absolute Gasteiger partial charge is 0.256 e. The van der Waals surface area contributed by atoms with Crippen LogP contribution in [0.15, 0.2) is 39.9 Å². The Hall–Kier alpha value is -1.75. The normalized spacial score (nSPS) is 19.5. The minimum absolute atomic E-state index is 0.0241. The van der Waals surface area contributed by atoms with E-state index >= 15 is 0 Å². The molecule has 0 spiro atoms. The number of aromatic nitrogens is 1. The van der Waals surface area contributed by atoms with Gasteiger partial charge in [0.2, 0.25) is 0 Å². The maximum absolute atomic E-state index is 12.8. The molecule has 0 unspecified atom stereocenters. The van der Waals surface area contributed by atoms with E-state index < -0.39 is 0 Å². The van der Waals surface area contributed by atoms with Crippen molar-refractivity contribution in [1.82, 2.24) is 9.88 Å². The van der Waals surface area contributed by atoms with Crippen molar-refractivity contribution >= 4 is 17.7 Å². The van der Waals surface area contributed by atoms with Gasteiger partial charge in [-0.2, -0.15) is 0 Å². The van der Waals surface area contributed by atoms with Gasteiger partial charge in [-0.05, 0) is 36.6 Å². The lowest BCUT2D eigenvalue weighted by Gasteiger charge is -2.17. The van der Waals surface area contributed by atoms with Crippen molar-refractivity contribution in [2.24, 2.45) is 5.92 Å². The molecule has 2 aromatic rings. The quantitative estimate of drug-likeness (QED) is 0.720. The van der Waals surface area contributed by atoms with Crippen LogP contribution in [0.4, 0.5) is 0 Å². The number of pyridine rings is 1. The lowest BCUT2D eigenvalue weighted by molar-refractivity contribution is 0.0770. The van der Waals surface area contributed by atoms with Crippen molar-refractivity contribution < 1.29 is 9.21 Å². The van der Waals surface area contributed by atoms with Crippen LogP contribution >= 0.6 is 11.8 Å². The average molecular weight is 344 g/mol. The van der Waals surface area contributed by atoms with Crippen LogP contribution in [0.1, 0.15) is 55.0 Å². The molecular formula is C19H24N2O2S. The molecular weight excluding hydrogens is 320 g/mol. The summed E-state index contributed by atoms with van der Waals surface area (Å²) in [5.41, 5.74) is 0.654. The standard InChI is InChI=1S/C19H24N2O2S/c1-12(2)24-18-15(6-5-9-20-18)19(22)21(4)11-14-7-8-17(23-14)16-10-13(16)3/h5-9,12-13,16H,10-11H2,1-4H3/t13-,16-/m0/s1. The van der Waals surface area contributed by atoms with Crippen LogP contribution in [0.5, 0.6) is 0 Å². The summed E-state index contributed by atoms with van der Waals surface area (Å²) in [4.78, 5) is 18.8. The molecule has 2 heterocycles. The second kappa shape index (κ2) is 7.01. The predicted octanol–water partition coefficient (Wildman–Crippen LogP) is 4.57. The van der Waals surface area contributed by atoms with E-state index in [4.69, 9.17) is 4.42 Å². The molecule has 2 atom stereocenters. The van der Waals surface area contributed by atoms with Gasteiger partial charge >= 0.3 is 0 Å². The van der Waals surface area contributed by atoms with E-state index in [0.29, 0.717) is 23.3 Å². The van der Waals surface area contributed by atoms with Gasteiger partial charge in [-0.3, -0.25) is 4.79 Å². The highest BCUT2D eigenvalue weighted by molar-refractivity contribution is 7.99. The van der Waals surface area contributed by atoms with Crippen LogP contribution in [-0.4, -0.2) is 28.1 Å². The van der Waals surface area contributed by atoms with Crippen LogP contribution in [0, 0.1) is 5.92 Å². The monoisotopic (exact) mass is 344 g/mol. The molecule has 2 aromatic heterocycles.